The lowest BCUT2D eigenvalue weighted by molar-refractivity contribution is 0.0689. The van der Waals surface area contributed by atoms with Crippen molar-refractivity contribution in [3.63, 3.8) is 0 Å². The summed E-state index contributed by atoms with van der Waals surface area (Å²) in [5, 5.41) is 0.732. The second-order valence-corrected chi connectivity index (χ2v) is 10.4. The van der Waals surface area contributed by atoms with Gasteiger partial charge in [-0.25, -0.2) is 13.4 Å². The molecular formula is C23H26N4O3S2. The number of hydrogen-bond donors (Lipinski definition) is 0. The fourth-order valence-electron chi connectivity index (χ4n) is 3.87. The monoisotopic (exact) mass is 470 g/mol. The predicted molar refractivity (Wildman–Crippen MR) is 126 cm³/mol. The number of imidazole rings is 1. The highest BCUT2D eigenvalue weighted by molar-refractivity contribution is 7.98. The van der Waals surface area contributed by atoms with Crippen LogP contribution in [0.25, 0.3) is 5.69 Å². The van der Waals surface area contributed by atoms with Gasteiger partial charge in [-0.2, -0.15) is 4.31 Å². The van der Waals surface area contributed by atoms with Crippen molar-refractivity contribution in [1.29, 1.82) is 0 Å². The van der Waals surface area contributed by atoms with E-state index in [0.29, 0.717) is 23.7 Å². The third-order valence-corrected chi connectivity index (χ3v) is 8.33. The summed E-state index contributed by atoms with van der Waals surface area (Å²) in [6, 6.07) is 15.1. The van der Waals surface area contributed by atoms with Gasteiger partial charge in [0.25, 0.3) is 5.91 Å². The van der Waals surface area contributed by atoms with Gasteiger partial charge in [0, 0.05) is 31.9 Å². The summed E-state index contributed by atoms with van der Waals surface area (Å²) in [7, 11) is -3.61. The van der Waals surface area contributed by atoms with Crippen molar-refractivity contribution in [2.75, 3.05) is 32.4 Å². The van der Waals surface area contributed by atoms with Crippen LogP contribution in [0, 0.1) is 13.8 Å². The lowest BCUT2D eigenvalue weighted by Crippen LogP contribution is -2.50. The van der Waals surface area contributed by atoms with Gasteiger partial charge in [-0.1, -0.05) is 42.1 Å². The van der Waals surface area contributed by atoms with Gasteiger partial charge in [-0.3, -0.25) is 9.36 Å². The second kappa shape index (κ2) is 9.09. The summed E-state index contributed by atoms with van der Waals surface area (Å²) in [6.07, 6.45) is 3.52. The van der Waals surface area contributed by atoms with Gasteiger partial charge in [-0.05, 0) is 49.4 Å². The fraction of sp³-hybridized carbons (Fsp3) is 0.304. The zero-order valence-electron chi connectivity index (χ0n) is 18.4. The van der Waals surface area contributed by atoms with Gasteiger partial charge in [0.15, 0.2) is 5.16 Å². The number of para-hydroxylation sites is 1. The van der Waals surface area contributed by atoms with Gasteiger partial charge in [0.05, 0.1) is 11.1 Å². The first-order valence-corrected chi connectivity index (χ1v) is 13.0. The van der Waals surface area contributed by atoms with Crippen LogP contribution in [-0.4, -0.2) is 65.5 Å². The van der Waals surface area contributed by atoms with E-state index >= 15 is 0 Å². The maximum atomic E-state index is 13.3. The summed E-state index contributed by atoms with van der Waals surface area (Å²) in [6.45, 7) is 4.87. The smallest absolute Gasteiger partial charge is 0.272 e. The van der Waals surface area contributed by atoms with Gasteiger partial charge in [-0.15, -0.1) is 0 Å². The second-order valence-electron chi connectivity index (χ2n) is 7.77. The number of piperazine rings is 1. The lowest BCUT2D eigenvalue weighted by atomic mass is 10.2. The van der Waals surface area contributed by atoms with Gasteiger partial charge >= 0.3 is 0 Å². The molecule has 9 heteroatoms. The van der Waals surface area contributed by atoms with Gasteiger partial charge in [0.1, 0.15) is 5.69 Å². The predicted octanol–water partition coefficient (Wildman–Crippen LogP) is 3.36. The third-order valence-electron chi connectivity index (χ3n) is 5.63. The molecular weight excluding hydrogens is 444 g/mol. The first-order chi connectivity index (χ1) is 15.3. The standard InChI is InChI=1S/C23H26N4O3S2/c1-17-9-10-18(2)21(15-17)32(29,30)26-13-11-25(12-14-26)22(28)20-16-24-23(31-3)27(20)19-7-5-4-6-8-19/h4-10,15-16H,11-14H2,1-3H3. The molecule has 1 amide bonds. The molecule has 0 aliphatic carbocycles. The molecule has 3 aromatic rings. The summed E-state index contributed by atoms with van der Waals surface area (Å²) >= 11 is 1.47. The van der Waals surface area contributed by atoms with E-state index in [2.05, 4.69) is 4.98 Å². The Morgan fingerprint density at radius 1 is 1.00 bits per heavy atom. The Kier molecular flexibility index (Phi) is 6.41. The summed E-state index contributed by atoms with van der Waals surface area (Å²) in [5.41, 5.74) is 2.98. The Balaban J connectivity index is 1.54. The van der Waals surface area contributed by atoms with Crippen LogP contribution < -0.4 is 0 Å². The molecule has 7 nitrogen and oxygen atoms in total. The number of hydrogen-bond acceptors (Lipinski definition) is 5. The highest BCUT2D eigenvalue weighted by Crippen LogP contribution is 2.25. The molecule has 0 atom stereocenters. The average molecular weight is 471 g/mol. The number of sulfonamides is 1. The highest BCUT2D eigenvalue weighted by Gasteiger charge is 2.32. The van der Waals surface area contributed by atoms with Crippen LogP contribution in [0.3, 0.4) is 0 Å². The van der Waals surface area contributed by atoms with E-state index in [0.717, 1.165) is 22.0 Å². The van der Waals surface area contributed by atoms with Crippen LogP contribution in [0.5, 0.6) is 0 Å². The molecule has 0 spiro atoms. The Morgan fingerprint density at radius 2 is 1.69 bits per heavy atom. The number of benzene rings is 2. The van der Waals surface area contributed by atoms with Crippen molar-refractivity contribution in [3.8, 4) is 5.69 Å². The largest absolute Gasteiger partial charge is 0.335 e. The first-order valence-electron chi connectivity index (χ1n) is 10.4. The molecule has 2 aromatic carbocycles. The average Bonchev–Trinajstić information content (AvgIpc) is 3.25. The molecule has 1 aromatic heterocycles. The Labute approximate surface area is 193 Å². The molecule has 1 aliphatic heterocycles. The van der Waals surface area contributed by atoms with E-state index in [-0.39, 0.29) is 19.0 Å². The SMILES string of the molecule is CSc1ncc(C(=O)N2CCN(S(=O)(=O)c3cc(C)ccc3C)CC2)n1-c1ccccc1. The van der Waals surface area contributed by atoms with Crippen molar-refractivity contribution in [3.05, 3.63) is 71.5 Å². The molecule has 1 aliphatic rings. The Bertz CT molecular complexity index is 1230. The molecule has 0 bridgehead atoms. The minimum absolute atomic E-state index is 0.148. The van der Waals surface area contributed by atoms with Crippen LogP contribution >= 0.6 is 11.8 Å². The number of rotatable bonds is 5. The molecule has 1 saturated heterocycles. The lowest BCUT2D eigenvalue weighted by Gasteiger charge is -2.34. The van der Waals surface area contributed by atoms with Crippen LogP contribution in [0.4, 0.5) is 0 Å². The number of carbonyl (C=O) groups is 1. The zero-order chi connectivity index (χ0) is 22.9. The van der Waals surface area contributed by atoms with Gasteiger partial charge in [0.2, 0.25) is 10.0 Å². The molecule has 32 heavy (non-hydrogen) atoms. The van der Waals surface area contributed by atoms with Crippen molar-refractivity contribution in [2.24, 2.45) is 0 Å². The molecule has 4 rings (SSSR count). The highest BCUT2D eigenvalue weighted by atomic mass is 32.2. The molecule has 2 heterocycles. The van der Waals surface area contributed by atoms with E-state index in [9.17, 15) is 13.2 Å². The van der Waals surface area contributed by atoms with Crippen LogP contribution in [0.2, 0.25) is 0 Å². The minimum Gasteiger partial charge on any atom is -0.335 e. The first kappa shape index (κ1) is 22.6. The maximum absolute atomic E-state index is 13.3. The zero-order valence-corrected chi connectivity index (χ0v) is 20.0. The molecule has 1 fully saturated rings. The molecule has 168 valence electrons. The number of aryl methyl sites for hydroxylation is 2. The number of carbonyl (C=O) groups excluding carboxylic acids is 1. The third kappa shape index (κ3) is 4.20. The van der Waals surface area contributed by atoms with Crippen molar-refractivity contribution < 1.29 is 13.2 Å². The van der Waals surface area contributed by atoms with Crippen LogP contribution in [-0.2, 0) is 10.0 Å². The maximum Gasteiger partial charge on any atom is 0.272 e. The van der Waals surface area contributed by atoms with Crippen LogP contribution in [0.1, 0.15) is 21.6 Å². The van der Waals surface area contributed by atoms with Crippen molar-refractivity contribution in [2.45, 2.75) is 23.9 Å². The molecule has 0 saturated carbocycles. The van der Waals surface area contributed by atoms with Crippen molar-refractivity contribution >= 4 is 27.7 Å². The number of thioether (sulfide) groups is 1. The Hall–Kier alpha value is -2.62. The summed E-state index contributed by atoms with van der Waals surface area (Å²) in [5.74, 6) is -0.148. The number of aromatic nitrogens is 2. The van der Waals surface area contributed by atoms with E-state index in [1.165, 1.54) is 16.1 Å². The van der Waals surface area contributed by atoms with Crippen molar-refractivity contribution in [1.82, 2.24) is 18.8 Å². The topological polar surface area (TPSA) is 75.5 Å². The van der Waals surface area contributed by atoms with Gasteiger partial charge < -0.3 is 4.90 Å². The normalized spacial score (nSPS) is 15.2. The van der Waals surface area contributed by atoms with Crippen LogP contribution in [0.15, 0.2) is 64.8 Å². The fourth-order valence-corrected chi connectivity index (χ4v) is 6.15. The van der Waals surface area contributed by atoms with E-state index in [1.54, 1.807) is 24.1 Å². The van der Waals surface area contributed by atoms with E-state index in [4.69, 9.17) is 0 Å². The quantitative estimate of drug-likeness (QED) is 0.535. The van der Waals surface area contributed by atoms with E-state index in [1.807, 2.05) is 60.2 Å². The number of amides is 1. The summed E-state index contributed by atoms with van der Waals surface area (Å²) < 4.78 is 29.7. The summed E-state index contributed by atoms with van der Waals surface area (Å²) in [4.78, 5) is 19.8. The molecule has 0 radical (unpaired) electrons. The molecule has 0 unspecified atom stereocenters. The Morgan fingerprint density at radius 3 is 2.34 bits per heavy atom. The minimum atomic E-state index is -3.61. The molecule has 0 N–H and O–H groups in total. The van der Waals surface area contributed by atoms with E-state index < -0.39 is 10.0 Å². The number of nitrogens with zero attached hydrogens (tertiary/aromatic N) is 4.